The highest BCUT2D eigenvalue weighted by Crippen LogP contribution is 2.09. The van der Waals surface area contributed by atoms with E-state index in [1.165, 1.54) is 32.1 Å². The molecule has 0 radical (unpaired) electrons. The third-order valence-corrected chi connectivity index (χ3v) is 2.68. The number of rotatable bonds is 2. The summed E-state index contributed by atoms with van der Waals surface area (Å²) in [6, 6.07) is 0. The van der Waals surface area contributed by atoms with Crippen LogP contribution in [0.15, 0.2) is 4.99 Å². The van der Waals surface area contributed by atoms with Crippen LogP contribution in [-0.2, 0) is 0 Å². The van der Waals surface area contributed by atoms with Gasteiger partial charge in [-0.3, -0.25) is 4.99 Å². The standard InChI is InChI=1S/C11H23N3/c1-2-8-13-11(12)14-9-6-4-3-5-7-10-14/h2-10H2,1H3,(H2,12,13). The summed E-state index contributed by atoms with van der Waals surface area (Å²) >= 11 is 0. The number of hydrogen-bond donors (Lipinski definition) is 1. The predicted octanol–water partition coefficient (Wildman–Crippen LogP) is 1.98. The molecule has 0 saturated carbocycles. The Morgan fingerprint density at radius 3 is 2.29 bits per heavy atom. The Morgan fingerprint density at radius 2 is 1.71 bits per heavy atom. The fourth-order valence-corrected chi connectivity index (χ4v) is 1.80. The van der Waals surface area contributed by atoms with Crippen molar-refractivity contribution in [1.82, 2.24) is 4.90 Å². The molecule has 3 heteroatoms. The van der Waals surface area contributed by atoms with E-state index in [1.54, 1.807) is 0 Å². The SMILES string of the molecule is CCCN=C(N)N1CCCCCCC1. The van der Waals surface area contributed by atoms with Crippen LogP contribution in [0.2, 0.25) is 0 Å². The lowest BCUT2D eigenvalue weighted by atomic mass is 10.1. The highest BCUT2D eigenvalue weighted by atomic mass is 15.2. The van der Waals surface area contributed by atoms with E-state index in [0.29, 0.717) is 0 Å². The van der Waals surface area contributed by atoms with Gasteiger partial charge in [0, 0.05) is 19.6 Å². The molecule has 1 saturated heterocycles. The second kappa shape index (κ2) is 6.68. The van der Waals surface area contributed by atoms with Crippen molar-refractivity contribution in [2.75, 3.05) is 19.6 Å². The van der Waals surface area contributed by atoms with Gasteiger partial charge in [0.1, 0.15) is 0 Å². The minimum absolute atomic E-state index is 0.758. The van der Waals surface area contributed by atoms with Crippen molar-refractivity contribution in [3.63, 3.8) is 0 Å². The van der Waals surface area contributed by atoms with Gasteiger partial charge < -0.3 is 10.6 Å². The molecule has 82 valence electrons. The van der Waals surface area contributed by atoms with Gasteiger partial charge in [0.15, 0.2) is 5.96 Å². The van der Waals surface area contributed by atoms with Crippen LogP contribution in [0.5, 0.6) is 0 Å². The third kappa shape index (κ3) is 3.99. The zero-order chi connectivity index (χ0) is 10.2. The average molecular weight is 197 g/mol. The van der Waals surface area contributed by atoms with Crippen LogP contribution < -0.4 is 5.73 Å². The van der Waals surface area contributed by atoms with Gasteiger partial charge in [-0.2, -0.15) is 0 Å². The van der Waals surface area contributed by atoms with Gasteiger partial charge in [0.2, 0.25) is 0 Å². The molecule has 2 N–H and O–H groups in total. The van der Waals surface area contributed by atoms with Gasteiger partial charge >= 0.3 is 0 Å². The lowest BCUT2D eigenvalue weighted by Gasteiger charge is -2.25. The second-order valence-electron chi connectivity index (χ2n) is 3.99. The molecule has 0 aromatic rings. The van der Waals surface area contributed by atoms with Crippen molar-refractivity contribution in [2.45, 2.75) is 45.4 Å². The summed E-state index contributed by atoms with van der Waals surface area (Å²) in [6.45, 7) is 5.19. The molecule has 0 unspecified atom stereocenters. The Labute approximate surface area is 87.4 Å². The molecular weight excluding hydrogens is 174 g/mol. The molecule has 14 heavy (non-hydrogen) atoms. The molecule has 0 bridgehead atoms. The van der Waals surface area contributed by atoms with Crippen molar-refractivity contribution in [2.24, 2.45) is 10.7 Å². The fraction of sp³-hybridized carbons (Fsp3) is 0.909. The molecule has 1 fully saturated rings. The van der Waals surface area contributed by atoms with E-state index in [4.69, 9.17) is 5.73 Å². The van der Waals surface area contributed by atoms with Crippen LogP contribution in [0.25, 0.3) is 0 Å². The van der Waals surface area contributed by atoms with Gasteiger partial charge in [-0.05, 0) is 19.3 Å². The number of guanidine groups is 1. The van der Waals surface area contributed by atoms with E-state index < -0.39 is 0 Å². The largest absolute Gasteiger partial charge is 0.370 e. The third-order valence-electron chi connectivity index (χ3n) is 2.68. The Morgan fingerprint density at radius 1 is 1.14 bits per heavy atom. The van der Waals surface area contributed by atoms with Crippen LogP contribution in [0, 0.1) is 0 Å². The van der Waals surface area contributed by atoms with Crippen molar-refractivity contribution in [3.05, 3.63) is 0 Å². The zero-order valence-electron chi connectivity index (χ0n) is 9.34. The predicted molar refractivity (Wildman–Crippen MR) is 61.4 cm³/mol. The Bertz CT molecular complexity index is 169. The molecule has 0 aromatic heterocycles. The lowest BCUT2D eigenvalue weighted by molar-refractivity contribution is 0.358. The molecule has 0 aromatic carbocycles. The maximum absolute atomic E-state index is 5.93. The first-order valence-electron chi connectivity index (χ1n) is 5.89. The number of nitrogens with zero attached hydrogens (tertiary/aromatic N) is 2. The summed E-state index contributed by atoms with van der Waals surface area (Å²) in [5, 5.41) is 0. The van der Waals surface area contributed by atoms with Crippen molar-refractivity contribution >= 4 is 5.96 Å². The zero-order valence-corrected chi connectivity index (χ0v) is 9.34. The normalized spacial score (nSPS) is 20.4. The minimum atomic E-state index is 0.758. The highest BCUT2D eigenvalue weighted by Gasteiger charge is 2.09. The van der Waals surface area contributed by atoms with Gasteiger partial charge in [-0.15, -0.1) is 0 Å². The molecule has 1 aliphatic heterocycles. The Kier molecular flexibility index (Phi) is 5.42. The maximum Gasteiger partial charge on any atom is 0.191 e. The summed E-state index contributed by atoms with van der Waals surface area (Å²) < 4.78 is 0. The smallest absolute Gasteiger partial charge is 0.191 e. The molecule has 0 spiro atoms. The first-order valence-corrected chi connectivity index (χ1v) is 5.89. The van der Waals surface area contributed by atoms with Gasteiger partial charge in [0.25, 0.3) is 0 Å². The molecule has 1 rings (SSSR count). The molecule has 3 nitrogen and oxygen atoms in total. The van der Waals surface area contributed by atoms with E-state index in [1.807, 2.05) is 0 Å². The molecule has 0 atom stereocenters. The highest BCUT2D eigenvalue weighted by molar-refractivity contribution is 5.78. The quantitative estimate of drug-likeness (QED) is 0.543. The van der Waals surface area contributed by atoms with Crippen LogP contribution in [0.1, 0.15) is 45.4 Å². The van der Waals surface area contributed by atoms with E-state index in [0.717, 1.165) is 32.0 Å². The number of nitrogens with two attached hydrogens (primary N) is 1. The summed E-state index contributed by atoms with van der Waals surface area (Å²) in [4.78, 5) is 6.60. The number of likely N-dealkylation sites (tertiary alicyclic amines) is 1. The van der Waals surface area contributed by atoms with E-state index in [2.05, 4.69) is 16.8 Å². The molecule has 0 amide bonds. The number of aliphatic imine (C=N–C) groups is 1. The summed E-state index contributed by atoms with van der Waals surface area (Å²) in [6.07, 6.45) is 7.69. The molecule has 0 aliphatic carbocycles. The molecule has 1 heterocycles. The van der Waals surface area contributed by atoms with Gasteiger partial charge in [-0.25, -0.2) is 0 Å². The van der Waals surface area contributed by atoms with Crippen LogP contribution in [-0.4, -0.2) is 30.5 Å². The van der Waals surface area contributed by atoms with Gasteiger partial charge in [-0.1, -0.05) is 26.2 Å². The van der Waals surface area contributed by atoms with Crippen LogP contribution in [0.3, 0.4) is 0 Å². The second-order valence-corrected chi connectivity index (χ2v) is 3.99. The molecule has 1 aliphatic rings. The van der Waals surface area contributed by atoms with Crippen LogP contribution in [0.4, 0.5) is 0 Å². The number of hydrogen-bond acceptors (Lipinski definition) is 1. The first-order chi connectivity index (χ1) is 6.84. The summed E-state index contributed by atoms with van der Waals surface area (Å²) in [7, 11) is 0. The van der Waals surface area contributed by atoms with Crippen molar-refractivity contribution in [3.8, 4) is 0 Å². The summed E-state index contributed by atoms with van der Waals surface area (Å²) in [5.74, 6) is 0.758. The lowest BCUT2D eigenvalue weighted by Crippen LogP contribution is -2.39. The Hall–Kier alpha value is -0.730. The summed E-state index contributed by atoms with van der Waals surface area (Å²) in [5.41, 5.74) is 5.93. The topological polar surface area (TPSA) is 41.6 Å². The van der Waals surface area contributed by atoms with E-state index in [9.17, 15) is 0 Å². The monoisotopic (exact) mass is 197 g/mol. The molecular formula is C11H23N3. The Balaban J connectivity index is 2.38. The van der Waals surface area contributed by atoms with Crippen molar-refractivity contribution in [1.29, 1.82) is 0 Å². The maximum atomic E-state index is 5.93. The fourth-order valence-electron chi connectivity index (χ4n) is 1.80. The average Bonchev–Trinajstić information content (AvgIpc) is 2.13. The van der Waals surface area contributed by atoms with E-state index in [-0.39, 0.29) is 0 Å². The van der Waals surface area contributed by atoms with E-state index >= 15 is 0 Å². The first kappa shape index (κ1) is 11.3. The minimum Gasteiger partial charge on any atom is -0.370 e. The van der Waals surface area contributed by atoms with Crippen LogP contribution >= 0.6 is 0 Å². The van der Waals surface area contributed by atoms with Crippen molar-refractivity contribution < 1.29 is 0 Å². The van der Waals surface area contributed by atoms with Gasteiger partial charge in [0.05, 0.1) is 0 Å².